The number of thiazole rings is 1. The maximum absolute atomic E-state index is 13.8. The number of nitrogens with one attached hydrogen (secondary N) is 1. The van der Waals surface area contributed by atoms with Crippen LogP contribution < -0.4 is 5.32 Å². The number of hydrogen-bond donors (Lipinski definition) is 1. The monoisotopic (exact) mass is 319 g/mol. The third kappa shape index (κ3) is 3.03. The van der Waals surface area contributed by atoms with Gasteiger partial charge in [-0.15, -0.1) is 11.3 Å². The number of halogens is 1. The Labute approximate surface area is 133 Å². The predicted octanol–water partition coefficient (Wildman–Crippen LogP) is 2.77. The molecule has 1 aromatic heterocycles. The van der Waals surface area contributed by atoms with E-state index >= 15 is 0 Å². The summed E-state index contributed by atoms with van der Waals surface area (Å²) in [7, 11) is 1.91. The van der Waals surface area contributed by atoms with E-state index in [1.165, 1.54) is 17.4 Å². The van der Waals surface area contributed by atoms with Crippen molar-refractivity contribution < 1.29 is 9.18 Å². The molecule has 1 saturated heterocycles. The minimum Gasteiger partial charge on any atom is -0.336 e. The summed E-state index contributed by atoms with van der Waals surface area (Å²) in [6.07, 6.45) is 2.07. The second-order valence-electron chi connectivity index (χ2n) is 5.40. The molecule has 2 heterocycles. The van der Waals surface area contributed by atoms with E-state index in [2.05, 4.69) is 10.3 Å². The van der Waals surface area contributed by atoms with Crippen molar-refractivity contribution in [2.75, 3.05) is 20.1 Å². The molecule has 0 radical (unpaired) electrons. The molecule has 1 fully saturated rings. The zero-order chi connectivity index (χ0) is 15.5. The maximum atomic E-state index is 13.8. The molecule has 4 nitrogen and oxygen atoms in total. The minimum absolute atomic E-state index is 0.0706. The lowest BCUT2D eigenvalue weighted by atomic mass is 10.1. The fourth-order valence-electron chi connectivity index (χ4n) is 2.69. The molecule has 3 rings (SSSR count). The number of rotatable bonds is 3. The summed E-state index contributed by atoms with van der Waals surface area (Å²) in [5.74, 6) is -0.386. The second-order valence-corrected chi connectivity index (χ2v) is 6.25. The van der Waals surface area contributed by atoms with Gasteiger partial charge in [0.15, 0.2) is 0 Å². The average molecular weight is 319 g/mol. The maximum Gasteiger partial charge on any atom is 0.273 e. The number of carbonyl (C=O) groups excluding carboxylic acids is 1. The lowest BCUT2D eigenvalue weighted by molar-refractivity contribution is 0.0693. The summed E-state index contributed by atoms with van der Waals surface area (Å²) in [5, 5.41) is 5.48. The molecule has 1 atom stereocenters. The minimum atomic E-state index is -0.316. The summed E-state index contributed by atoms with van der Waals surface area (Å²) in [4.78, 5) is 18.7. The van der Waals surface area contributed by atoms with E-state index in [0.29, 0.717) is 28.9 Å². The van der Waals surface area contributed by atoms with Crippen molar-refractivity contribution >= 4 is 17.2 Å². The fraction of sp³-hybridized carbons (Fsp3) is 0.375. The molecule has 0 unspecified atom stereocenters. The Balaban J connectivity index is 1.79. The van der Waals surface area contributed by atoms with Crippen LogP contribution >= 0.6 is 11.3 Å². The largest absolute Gasteiger partial charge is 0.336 e. The average Bonchev–Trinajstić information content (AvgIpc) is 3.04. The topological polar surface area (TPSA) is 45.2 Å². The van der Waals surface area contributed by atoms with E-state index in [1.54, 1.807) is 23.6 Å². The van der Waals surface area contributed by atoms with Crippen LogP contribution in [0.5, 0.6) is 0 Å². The fourth-order valence-corrected chi connectivity index (χ4v) is 3.51. The van der Waals surface area contributed by atoms with E-state index in [1.807, 2.05) is 11.9 Å². The lowest BCUT2D eigenvalue weighted by Crippen LogP contribution is -2.47. The number of amides is 1. The van der Waals surface area contributed by atoms with Crippen molar-refractivity contribution in [2.45, 2.75) is 18.9 Å². The molecule has 1 aromatic carbocycles. The highest BCUT2D eigenvalue weighted by Crippen LogP contribution is 2.27. The molecule has 1 N–H and O–H groups in total. The van der Waals surface area contributed by atoms with Crippen LogP contribution in [-0.4, -0.2) is 42.0 Å². The SMILES string of the molecule is CN[C@@H]1CCCN(C(=O)c2csc(-c3ccccc3F)n2)C1. The second kappa shape index (κ2) is 6.54. The number of hydrogen-bond acceptors (Lipinski definition) is 4. The van der Waals surface area contributed by atoms with Crippen LogP contribution in [0.15, 0.2) is 29.6 Å². The van der Waals surface area contributed by atoms with Gasteiger partial charge < -0.3 is 10.2 Å². The third-order valence-corrected chi connectivity index (χ3v) is 4.82. The lowest BCUT2D eigenvalue weighted by Gasteiger charge is -2.32. The summed E-state index contributed by atoms with van der Waals surface area (Å²) >= 11 is 1.30. The smallest absolute Gasteiger partial charge is 0.273 e. The molecule has 22 heavy (non-hydrogen) atoms. The van der Waals surface area contributed by atoms with E-state index in [-0.39, 0.29) is 11.7 Å². The van der Waals surface area contributed by atoms with Crippen LogP contribution in [-0.2, 0) is 0 Å². The first-order valence-electron chi connectivity index (χ1n) is 7.36. The highest BCUT2D eigenvalue weighted by molar-refractivity contribution is 7.13. The first-order valence-corrected chi connectivity index (χ1v) is 8.24. The van der Waals surface area contributed by atoms with E-state index in [4.69, 9.17) is 0 Å². The number of piperidine rings is 1. The number of likely N-dealkylation sites (tertiary alicyclic amines) is 1. The molecule has 116 valence electrons. The Morgan fingerprint density at radius 3 is 3.05 bits per heavy atom. The van der Waals surface area contributed by atoms with Crippen LogP contribution in [0.2, 0.25) is 0 Å². The van der Waals surface area contributed by atoms with Gasteiger partial charge in [0.1, 0.15) is 16.5 Å². The van der Waals surface area contributed by atoms with Gasteiger partial charge in [-0.2, -0.15) is 0 Å². The van der Waals surface area contributed by atoms with Gasteiger partial charge in [-0.05, 0) is 32.0 Å². The summed E-state index contributed by atoms with van der Waals surface area (Å²) < 4.78 is 13.8. The number of nitrogens with zero attached hydrogens (tertiary/aromatic N) is 2. The van der Waals surface area contributed by atoms with Crippen molar-refractivity contribution in [3.63, 3.8) is 0 Å². The molecule has 1 aliphatic heterocycles. The first-order chi connectivity index (χ1) is 10.7. The van der Waals surface area contributed by atoms with E-state index in [0.717, 1.165) is 19.4 Å². The van der Waals surface area contributed by atoms with Gasteiger partial charge in [0.2, 0.25) is 0 Å². The zero-order valence-corrected chi connectivity index (χ0v) is 13.2. The molecular formula is C16H18FN3OS. The molecule has 6 heteroatoms. The third-order valence-electron chi connectivity index (χ3n) is 3.94. The van der Waals surface area contributed by atoms with E-state index in [9.17, 15) is 9.18 Å². The number of aromatic nitrogens is 1. The zero-order valence-electron chi connectivity index (χ0n) is 12.4. The quantitative estimate of drug-likeness (QED) is 0.946. The Kier molecular flexibility index (Phi) is 4.49. The molecule has 1 aliphatic rings. The van der Waals surface area contributed by atoms with Crippen molar-refractivity contribution in [2.24, 2.45) is 0 Å². The van der Waals surface area contributed by atoms with Gasteiger partial charge in [0.05, 0.1) is 0 Å². The molecule has 0 spiro atoms. The Morgan fingerprint density at radius 2 is 2.27 bits per heavy atom. The summed E-state index contributed by atoms with van der Waals surface area (Å²) in [5.41, 5.74) is 0.846. The molecule has 0 bridgehead atoms. The van der Waals surface area contributed by atoms with Gasteiger partial charge in [0.25, 0.3) is 5.91 Å². The highest BCUT2D eigenvalue weighted by Gasteiger charge is 2.25. The van der Waals surface area contributed by atoms with Gasteiger partial charge in [-0.3, -0.25) is 4.79 Å². The van der Waals surface area contributed by atoms with E-state index < -0.39 is 0 Å². The van der Waals surface area contributed by atoms with Crippen molar-refractivity contribution in [3.05, 3.63) is 41.2 Å². The van der Waals surface area contributed by atoms with Gasteiger partial charge in [-0.25, -0.2) is 9.37 Å². The summed E-state index contributed by atoms with van der Waals surface area (Å²) in [6, 6.07) is 6.83. The van der Waals surface area contributed by atoms with Crippen LogP contribution in [0, 0.1) is 5.82 Å². The summed E-state index contributed by atoms with van der Waals surface area (Å²) in [6.45, 7) is 1.45. The van der Waals surface area contributed by atoms with Gasteiger partial charge >= 0.3 is 0 Å². The van der Waals surface area contributed by atoms with Crippen molar-refractivity contribution in [1.29, 1.82) is 0 Å². The number of carbonyl (C=O) groups is 1. The number of likely N-dealkylation sites (N-methyl/N-ethyl adjacent to an activating group) is 1. The highest BCUT2D eigenvalue weighted by atomic mass is 32.1. The Bertz CT molecular complexity index is 673. The Hall–Kier alpha value is -1.79. The van der Waals surface area contributed by atoms with Gasteiger partial charge in [0, 0.05) is 30.1 Å². The Morgan fingerprint density at radius 1 is 1.45 bits per heavy atom. The van der Waals surface area contributed by atoms with Crippen LogP contribution in [0.3, 0.4) is 0 Å². The predicted molar refractivity (Wildman–Crippen MR) is 85.5 cm³/mol. The molecule has 2 aromatic rings. The van der Waals surface area contributed by atoms with Gasteiger partial charge in [-0.1, -0.05) is 12.1 Å². The van der Waals surface area contributed by atoms with Crippen molar-refractivity contribution in [1.82, 2.24) is 15.2 Å². The normalized spacial score (nSPS) is 18.5. The van der Waals surface area contributed by atoms with Crippen LogP contribution in [0.25, 0.3) is 10.6 Å². The van der Waals surface area contributed by atoms with Crippen LogP contribution in [0.4, 0.5) is 4.39 Å². The van der Waals surface area contributed by atoms with Crippen LogP contribution in [0.1, 0.15) is 23.3 Å². The standard InChI is InChI=1S/C16H18FN3OS/c1-18-11-5-4-8-20(9-11)16(21)14-10-22-15(19-14)12-6-2-3-7-13(12)17/h2-3,6-7,10-11,18H,4-5,8-9H2,1H3/t11-/m1/s1. The molecule has 0 aliphatic carbocycles. The number of benzene rings is 1. The molecular weight excluding hydrogens is 301 g/mol. The van der Waals surface area contributed by atoms with Crippen molar-refractivity contribution in [3.8, 4) is 10.6 Å². The first kappa shape index (κ1) is 15.1. The molecule has 1 amide bonds. The molecule has 0 saturated carbocycles.